The maximum absolute atomic E-state index is 12.6. The van der Waals surface area contributed by atoms with Crippen LogP contribution in [0.25, 0.3) is 0 Å². The molecule has 2 rings (SSSR count). The molecule has 1 aromatic rings. The Kier molecular flexibility index (Phi) is 6.59. The van der Waals surface area contributed by atoms with E-state index in [0.717, 1.165) is 25.8 Å². The Hall–Kier alpha value is -0.950. The van der Waals surface area contributed by atoms with Gasteiger partial charge < -0.3 is 5.11 Å². The summed E-state index contributed by atoms with van der Waals surface area (Å²) in [5, 5.41) is 11.5. The molecule has 0 bridgehead atoms. The predicted molar refractivity (Wildman–Crippen MR) is 91.7 cm³/mol. The molecule has 0 aliphatic carbocycles. The number of rotatable bonds is 8. The number of hydrogen-bond acceptors (Lipinski definition) is 5. The summed E-state index contributed by atoms with van der Waals surface area (Å²) in [6.45, 7) is 5.15. The number of nitrogens with one attached hydrogen (secondary N) is 1. The second kappa shape index (κ2) is 8.24. The Bertz CT molecular complexity index is 575. The molecule has 0 spiro atoms. The third kappa shape index (κ3) is 5.28. The summed E-state index contributed by atoms with van der Waals surface area (Å²) < 4.78 is 25.3. The van der Waals surface area contributed by atoms with Crippen LogP contribution < -0.4 is 5.43 Å². The van der Waals surface area contributed by atoms with Crippen LogP contribution in [-0.2, 0) is 9.84 Å². The van der Waals surface area contributed by atoms with Gasteiger partial charge in [0.15, 0.2) is 9.84 Å². The normalized spacial score (nSPS) is 21.0. The zero-order valence-electron chi connectivity index (χ0n) is 14.0. The van der Waals surface area contributed by atoms with Gasteiger partial charge in [-0.15, -0.1) is 0 Å². The third-order valence-electron chi connectivity index (χ3n) is 4.22. The van der Waals surface area contributed by atoms with Gasteiger partial charge in [0.25, 0.3) is 0 Å². The van der Waals surface area contributed by atoms with Crippen molar-refractivity contribution in [1.29, 1.82) is 0 Å². The number of nitrogens with zero attached hydrogens (tertiary/aromatic N) is 1. The summed E-state index contributed by atoms with van der Waals surface area (Å²) in [4.78, 5) is 0.371. The molecule has 0 amide bonds. The fraction of sp³-hybridized carbons (Fsp3) is 0.647. The quantitative estimate of drug-likeness (QED) is 0.756. The highest BCUT2D eigenvalue weighted by molar-refractivity contribution is 7.91. The molecule has 5 nitrogen and oxygen atoms in total. The second-order valence-corrected chi connectivity index (χ2v) is 8.76. The van der Waals surface area contributed by atoms with E-state index in [2.05, 4.69) is 19.3 Å². The number of sulfone groups is 1. The lowest BCUT2D eigenvalue weighted by atomic mass is 10.1. The summed E-state index contributed by atoms with van der Waals surface area (Å²) in [7, 11) is -3.32. The molecule has 130 valence electrons. The highest BCUT2D eigenvalue weighted by Gasteiger charge is 2.29. The number of aliphatic hydroxyl groups is 1. The van der Waals surface area contributed by atoms with Crippen molar-refractivity contribution in [3.05, 3.63) is 30.3 Å². The maximum atomic E-state index is 12.6. The van der Waals surface area contributed by atoms with Crippen LogP contribution >= 0.6 is 0 Å². The SMILES string of the molecule is CC(C)C[C@H](CS(=O)(=O)c1ccccc1)NN1CCC[C@H]1CO. The molecule has 2 N–H and O–H groups in total. The fourth-order valence-electron chi connectivity index (χ4n) is 3.15. The molecule has 0 unspecified atom stereocenters. The molecular weight excluding hydrogens is 312 g/mol. The Balaban J connectivity index is 2.09. The summed E-state index contributed by atoms with van der Waals surface area (Å²) in [5.74, 6) is 0.470. The molecule has 1 heterocycles. The number of hydrazine groups is 1. The van der Waals surface area contributed by atoms with Crippen LogP contribution in [0.15, 0.2) is 35.2 Å². The highest BCUT2D eigenvalue weighted by Crippen LogP contribution is 2.19. The van der Waals surface area contributed by atoms with E-state index in [1.54, 1.807) is 24.3 Å². The lowest BCUT2D eigenvalue weighted by Gasteiger charge is -2.30. The van der Waals surface area contributed by atoms with Gasteiger partial charge in [-0.25, -0.2) is 13.4 Å². The minimum atomic E-state index is -3.32. The molecule has 1 aliphatic rings. The van der Waals surface area contributed by atoms with Gasteiger partial charge in [0.05, 0.1) is 17.3 Å². The van der Waals surface area contributed by atoms with E-state index in [1.165, 1.54) is 0 Å². The highest BCUT2D eigenvalue weighted by atomic mass is 32.2. The predicted octanol–water partition coefficient (Wildman–Crippen LogP) is 1.84. The van der Waals surface area contributed by atoms with E-state index < -0.39 is 9.84 Å². The molecule has 2 atom stereocenters. The number of aliphatic hydroxyl groups excluding tert-OH is 1. The first-order valence-electron chi connectivity index (χ1n) is 8.34. The summed E-state index contributed by atoms with van der Waals surface area (Å²) in [5.41, 5.74) is 3.37. The van der Waals surface area contributed by atoms with Crippen LogP contribution in [0.2, 0.25) is 0 Å². The molecule has 1 saturated heterocycles. The standard InChI is InChI=1S/C17H28N2O3S/c1-14(2)11-15(18-19-10-6-7-16(19)12-20)13-23(21,22)17-8-4-3-5-9-17/h3-5,8-9,14-16,18,20H,6-7,10-13H2,1-2H3/t15-,16+/m1/s1. The first-order chi connectivity index (χ1) is 10.9. The maximum Gasteiger partial charge on any atom is 0.179 e. The van der Waals surface area contributed by atoms with Crippen molar-refractivity contribution in [1.82, 2.24) is 10.4 Å². The average Bonchev–Trinajstić information content (AvgIpc) is 2.94. The van der Waals surface area contributed by atoms with Crippen LogP contribution in [0.3, 0.4) is 0 Å². The van der Waals surface area contributed by atoms with Crippen molar-refractivity contribution in [2.24, 2.45) is 5.92 Å². The van der Waals surface area contributed by atoms with Crippen molar-refractivity contribution < 1.29 is 13.5 Å². The summed E-state index contributed by atoms with van der Waals surface area (Å²) >= 11 is 0. The smallest absolute Gasteiger partial charge is 0.179 e. The Morgan fingerprint density at radius 3 is 2.61 bits per heavy atom. The molecule has 23 heavy (non-hydrogen) atoms. The minimum absolute atomic E-state index is 0.0733. The van der Waals surface area contributed by atoms with E-state index >= 15 is 0 Å². The van der Waals surface area contributed by atoms with Gasteiger partial charge >= 0.3 is 0 Å². The largest absolute Gasteiger partial charge is 0.395 e. The minimum Gasteiger partial charge on any atom is -0.395 e. The van der Waals surface area contributed by atoms with Gasteiger partial charge in [0.1, 0.15) is 0 Å². The summed E-state index contributed by atoms with van der Waals surface area (Å²) in [6, 6.07) is 8.55. The van der Waals surface area contributed by atoms with E-state index in [-0.39, 0.29) is 24.4 Å². The third-order valence-corrected chi connectivity index (χ3v) is 6.05. The number of benzene rings is 1. The van der Waals surface area contributed by atoms with Crippen molar-refractivity contribution >= 4 is 9.84 Å². The summed E-state index contributed by atoms with van der Waals surface area (Å²) in [6.07, 6.45) is 2.75. The van der Waals surface area contributed by atoms with Gasteiger partial charge in [0.2, 0.25) is 0 Å². The van der Waals surface area contributed by atoms with Crippen LogP contribution in [0, 0.1) is 5.92 Å². The Labute approximate surface area is 139 Å². The van der Waals surface area contributed by atoms with Crippen molar-refractivity contribution in [2.45, 2.75) is 50.1 Å². The molecule has 1 fully saturated rings. The lowest BCUT2D eigenvalue weighted by molar-refractivity contribution is 0.0935. The molecule has 1 aromatic carbocycles. The topological polar surface area (TPSA) is 69.6 Å². The first kappa shape index (κ1) is 18.4. The molecule has 0 aromatic heterocycles. The Morgan fingerprint density at radius 2 is 2.00 bits per heavy atom. The van der Waals surface area contributed by atoms with Gasteiger partial charge in [-0.3, -0.25) is 5.43 Å². The molecule has 0 radical (unpaired) electrons. The zero-order valence-corrected chi connectivity index (χ0v) is 14.8. The van der Waals surface area contributed by atoms with E-state index in [1.807, 2.05) is 11.1 Å². The van der Waals surface area contributed by atoms with Gasteiger partial charge in [-0.1, -0.05) is 32.0 Å². The van der Waals surface area contributed by atoms with Crippen molar-refractivity contribution in [3.8, 4) is 0 Å². The molecule has 1 aliphatic heterocycles. The monoisotopic (exact) mass is 340 g/mol. The van der Waals surface area contributed by atoms with Gasteiger partial charge in [0, 0.05) is 18.6 Å². The lowest BCUT2D eigenvalue weighted by Crippen LogP contribution is -2.51. The van der Waals surface area contributed by atoms with Crippen LogP contribution in [0.4, 0.5) is 0 Å². The fourth-order valence-corrected chi connectivity index (χ4v) is 4.65. The van der Waals surface area contributed by atoms with Crippen LogP contribution in [0.5, 0.6) is 0 Å². The molecule has 0 saturated carbocycles. The van der Waals surface area contributed by atoms with Crippen molar-refractivity contribution in [2.75, 3.05) is 18.9 Å². The zero-order chi connectivity index (χ0) is 16.9. The van der Waals surface area contributed by atoms with Crippen LogP contribution in [-0.4, -0.2) is 49.5 Å². The second-order valence-electron chi connectivity index (χ2n) is 6.72. The van der Waals surface area contributed by atoms with Crippen molar-refractivity contribution in [3.63, 3.8) is 0 Å². The molecular formula is C17H28N2O3S. The first-order valence-corrected chi connectivity index (χ1v) is 9.99. The van der Waals surface area contributed by atoms with Gasteiger partial charge in [-0.2, -0.15) is 0 Å². The van der Waals surface area contributed by atoms with E-state index in [9.17, 15) is 13.5 Å². The number of hydrogen-bond donors (Lipinski definition) is 2. The van der Waals surface area contributed by atoms with E-state index in [4.69, 9.17) is 0 Å². The van der Waals surface area contributed by atoms with E-state index in [0.29, 0.717) is 10.8 Å². The Morgan fingerprint density at radius 1 is 1.30 bits per heavy atom. The van der Waals surface area contributed by atoms with Gasteiger partial charge in [-0.05, 0) is 37.3 Å². The van der Waals surface area contributed by atoms with Crippen LogP contribution in [0.1, 0.15) is 33.1 Å². The molecule has 6 heteroatoms. The average molecular weight is 340 g/mol.